The number of hydrogen-bond donors (Lipinski definition) is 1. The molecule has 1 aromatic carbocycles. The van der Waals surface area contributed by atoms with Crippen molar-refractivity contribution in [1.29, 1.82) is 0 Å². The number of nitrogens with one attached hydrogen (secondary N) is 1. The number of amides is 2. The molecule has 2 amide bonds. The van der Waals surface area contributed by atoms with Crippen molar-refractivity contribution >= 4 is 34.1 Å². The van der Waals surface area contributed by atoms with Crippen LogP contribution < -0.4 is 10.2 Å². The van der Waals surface area contributed by atoms with Gasteiger partial charge in [0.1, 0.15) is 12.4 Å². The maximum absolute atomic E-state index is 14.6. The molecule has 0 bridgehead atoms. The van der Waals surface area contributed by atoms with Crippen molar-refractivity contribution in [2.45, 2.75) is 19.4 Å². The summed E-state index contributed by atoms with van der Waals surface area (Å²) in [6.45, 7) is 1.77. The van der Waals surface area contributed by atoms with Crippen LogP contribution in [-0.4, -0.2) is 46.9 Å². The van der Waals surface area contributed by atoms with Crippen LogP contribution in [0.2, 0.25) is 0 Å². The monoisotopic (exact) mass is 366 g/mol. The highest BCUT2D eigenvalue weighted by molar-refractivity contribution is 7.85. The fourth-order valence-corrected chi connectivity index (χ4v) is 3.95. The largest absolute Gasteiger partial charge is 0.447 e. The number of anilines is 1. The molecule has 6 nitrogen and oxygen atoms in total. The van der Waals surface area contributed by atoms with Gasteiger partial charge >= 0.3 is 6.09 Å². The molecule has 1 aromatic rings. The lowest BCUT2D eigenvalue weighted by Gasteiger charge is -2.22. The summed E-state index contributed by atoms with van der Waals surface area (Å²) in [7, 11) is -0.866. The minimum absolute atomic E-state index is 0.138. The number of rotatable bonds is 4. The van der Waals surface area contributed by atoms with Crippen molar-refractivity contribution in [3.8, 4) is 0 Å². The summed E-state index contributed by atoms with van der Waals surface area (Å²) < 4.78 is 31.0. The molecule has 2 heterocycles. The summed E-state index contributed by atoms with van der Waals surface area (Å²) in [5.74, 6) is 0.328. The maximum Gasteiger partial charge on any atom is 0.414 e. The SMILES string of the molecule is CC(=O)NCC1COC(=O)N1c1ccc(C2=CC[S@@](=O)CC2)c(F)c1. The van der Waals surface area contributed by atoms with E-state index in [1.165, 1.54) is 17.9 Å². The second-order valence-electron chi connectivity index (χ2n) is 5.99. The van der Waals surface area contributed by atoms with Crippen LogP contribution in [-0.2, 0) is 20.3 Å². The van der Waals surface area contributed by atoms with E-state index in [-0.39, 0.29) is 25.1 Å². The molecule has 1 fully saturated rings. The summed E-state index contributed by atoms with van der Waals surface area (Å²) in [6, 6.07) is 4.22. The second kappa shape index (κ2) is 7.35. The minimum Gasteiger partial charge on any atom is -0.447 e. The quantitative estimate of drug-likeness (QED) is 0.882. The van der Waals surface area contributed by atoms with Crippen LogP contribution in [0, 0.1) is 5.82 Å². The first-order valence-corrected chi connectivity index (χ1v) is 9.49. The lowest BCUT2D eigenvalue weighted by molar-refractivity contribution is -0.119. The normalized spacial score (nSPS) is 23.2. The van der Waals surface area contributed by atoms with E-state index < -0.39 is 22.7 Å². The number of carbonyl (C=O) groups excluding carboxylic acids is 2. The van der Waals surface area contributed by atoms with E-state index in [2.05, 4.69) is 5.32 Å². The second-order valence-corrected chi connectivity index (χ2v) is 7.61. The molecule has 1 saturated heterocycles. The molecule has 134 valence electrons. The number of ether oxygens (including phenoxy) is 1. The van der Waals surface area contributed by atoms with Gasteiger partial charge in [-0.3, -0.25) is 13.9 Å². The smallest absolute Gasteiger partial charge is 0.414 e. The third-order valence-electron chi connectivity index (χ3n) is 4.24. The van der Waals surface area contributed by atoms with E-state index >= 15 is 0 Å². The van der Waals surface area contributed by atoms with Crippen LogP contribution in [0.15, 0.2) is 24.3 Å². The number of hydrogen-bond acceptors (Lipinski definition) is 4. The number of allylic oxidation sites excluding steroid dienone is 1. The van der Waals surface area contributed by atoms with Gasteiger partial charge in [0, 0.05) is 41.3 Å². The van der Waals surface area contributed by atoms with E-state index in [0.29, 0.717) is 29.2 Å². The Hall–Kier alpha value is -2.22. The van der Waals surface area contributed by atoms with Gasteiger partial charge in [-0.05, 0) is 30.2 Å². The van der Waals surface area contributed by atoms with Crippen LogP contribution >= 0.6 is 0 Å². The first-order chi connectivity index (χ1) is 12.0. The number of halogens is 1. The van der Waals surface area contributed by atoms with Crippen LogP contribution in [0.1, 0.15) is 18.9 Å². The zero-order valence-corrected chi connectivity index (χ0v) is 14.6. The Labute approximate surface area is 147 Å². The highest BCUT2D eigenvalue weighted by atomic mass is 32.2. The van der Waals surface area contributed by atoms with Crippen molar-refractivity contribution in [3.63, 3.8) is 0 Å². The standard InChI is InChI=1S/C17H19FN2O4S/c1-11(21)19-9-14-10-24-17(22)20(14)13-2-3-15(16(18)8-13)12-4-6-25(23)7-5-12/h2-4,8,14H,5-7,9-10H2,1H3,(H,19,21)/t14?,25-/m1/s1. The summed E-state index contributed by atoms with van der Waals surface area (Å²) in [6.07, 6.45) is 1.82. The van der Waals surface area contributed by atoms with Crippen molar-refractivity contribution in [2.24, 2.45) is 0 Å². The highest BCUT2D eigenvalue weighted by Crippen LogP contribution is 2.30. The van der Waals surface area contributed by atoms with Crippen LogP contribution in [0.3, 0.4) is 0 Å². The molecule has 2 aliphatic heterocycles. The molecule has 3 rings (SSSR count). The van der Waals surface area contributed by atoms with Crippen molar-refractivity contribution in [3.05, 3.63) is 35.7 Å². The van der Waals surface area contributed by atoms with Gasteiger partial charge in [0.05, 0.1) is 11.7 Å². The van der Waals surface area contributed by atoms with Crippen LogP contribution in [0.5, 0.6) is 0 Å². The third kappa shape index (κ3) is 3.89. The molecule has 1 N–H and O–H groups in total. The number of benzene rings is 1. The van der Waals surface area contributed by atoms with Gasteiger partial charge < -0.3 is 10.1 Å². The van der Waals surface area contributed by atoms with Crippen molar-refractivity contribution in [1.82, 2.24) is 5.32 Å². The molecule has 2 atom stereocenters. The van der Waals surface area contributed by atoms with E-state index in [1.54, 1.807) is 18.2 Å². The van der Waals surface area contributed by atoms with Gasteiger partial charge in [-0.25, -0.2) is 9.18 Å². The summed E-state index contributed by atoms with van der Waals surface area (Å²) >= 11 is 0. The Morgan fingerprint density at radius 3 is 2.92 bits per heavy atom. The molecular formula is C17H19FN2O4S. The Kier molecular flexibility index (Phi) is 5.17. The molecule has 1 unspecified atom stereocenters. The van der Waals surface area contributed by atoms with E-state index in [0.717, 1.165) is 5.57 Å². The van der Waals surface area contributed by atoms with Crippen LogP contribution in [0.4, 0.5) is 14.9 Å². The number of cyclic esters (lactones) is 1. The Balaban J connectivity index is 1.82. The molecule has 0 spiro atoms. The van der Waals surface area contributed by atoms with Gasteiger partial charge in [-0.15, -0.1) is 0 Å². The van der Waals surface area contributed by atoms with E-state index in [9.17, 15) is 18.2 Å². The van der Waals surface area contributed by atoms with Crippen LogP contribution in [0.25, 0.3) is 5.57 Å². The minimum atomic E-state index is -0.866. The number of carbonyl (C=O) groups is 2. The van der Waals surface area contributed by atoms with Crippen molar-refractivity contribution < 1.29 is 22.9 Å². The molecule has 8 heteroatoms. The molecule has 0 aromatic heterocycles. The maximum atomic E-state index is 14.6. The Morgan fingerprint density at radius 1 is 1.48 bits per heavy atom. The Morgan fingerprint density at radius 2 is 2.28 bits per heavy atom. The molecule has 0 saturated carbocycles. The predicted octanol–water partition coefficient (Wildman–Crippen LogP) is 1.82. The van der Waals surface area contributed by atoms with Gasteiger partial charge in [0.25, 0.3) is 0 Å². The fourth-order valence-electron chi connectivity index (χ4n) is 2.95. The number of nitrogens with zero attached hydrogens (tertiary/aromatic N) is 1. The van der Waals surface area contributed by atoms with Gasteiger partial charge in [0.15, 0.2) is 0 Å². The molecular weight excluding hydrogens is 347 g/mol. The Bertz CT molecular complexity index is 765. The topological polar surface area (TPSA) is 75.7 Å². The van der Waals surface area contributed by atoms with E-state index in [4.69, 9.17) is 4.74 Å². The van der Waals surface area contributed by atoms with Gasteiger partial charge in [0.2, 0.25) is 5.91 Å². The zero-order valence-electron chi connectivity index (χ0n) is 13.8. The lowest BCUT2D eigenvalue weighted by atomic mass is 10.0. The van der Waals surface area contributed by atoms with Crippen molar-refractivity contribution in [2.75, 3.05) is 29.6 Å². The average molecular weight is 366 g/mol. The first kappa shape index (κ1) is 17.6. The lowest BCUT2D eigenvalue weighted by Crippen LogP contribution is -2.42. The molecule has 25 heavy (non-hydrogen) atoms. The first-order valence-electron chi connectivity index (χ1n) is 8.00. The summed E-state index contributed by atoms with van der Waals surface area (Å²) in [5, 5.41) is 2.65. The molecule has 0 aliphatic carbocycles. The van der Waals surface area contributed by atoms with E-state index in [1.807, 2.05) is 0 Å². The zero-order chi connectivity index (χ0) is 18.0. The fraction of sp³-hybridized carbons (Fsp3) is 0.412. The van der Waals surface area contributed by atoms with Gasteiger partial charge in [-0.1, -0.05) is 6.08 Å². The summed E-state index contributed by atoms with van der Waals surface area (Å²) in [4.78, 5) is 24.4. The molecule has 2 aliphatic rings. The average Bonchev–Trinajstić information content (AvgIpc) is 2.94. The predicted molar refractivity (Wildman–Crippen MR) is 93.2 cm³/mol. The highest BCUT2D eigenvalue weighted by Gasteiger charge is 2.34. The third-order valence-corrected chi connectivity index (χ3v) is 5.44. The van der Waals surface area contributed by atoms with Gasteiger partial charge in [-0.2, -0.15) is 0 Å². The summed E-state index contributed by atoms with van der Waals surface area (Å²) in [5.41, 5.74) is 1.69. The molecule has 0 radical (unpaired) electrons.